The van der Waals surface area contributed by atoms with Gasteiger partial charge in [-0.3, -0.25) is 4.72 Å². The van der Waals surface area contributed by atoms with Crippen LogP contribution < -0.4 is 10.0 Å². The predicted octanol–water partition coefficient (Wildman–Crippen LogP) is 1.37. The van der Waals surface area contributed by atoms with E-state index < -0.39 is 10.0 Å². The highest BCUT2D eigenvalue weighted by atomic mass is 32.2. The summed E-state index contributed by atoms with van der Waals surface area (Å²) in [4.78, 5) is 0.209. The van der Waals surface area contributed by atoms with Crippen molar-refractivity contribution in [1.82, 2.24) is 15.5 Å². The molecule has 0 saturated heterocycles. The van der Waals surface area contributed by atoms with E-state index in [9.17, 15) is 8.42 Å². The van der Waals surface area contributed by atoms with Gasteiger partial charge in [-0.2, -0.15) is 0 Å². The van der Waals surface area contributed by atoms with E-state index in [0.717, 1.165) is 5.56 Å². The maximum absolute atomic E-state index is 12.1. The summed E-state index contributed by atoms with van der Waals surface area (Å²) in [6.45, 7) is 2.46. The second-order valence-electron chi connectivity index (χ2n) is 3.91. The zero-order chi connectivity index (χ0) is 13.9. The zero-order valence-corrected chi connectivity index (χ0v) is 12.2. The number of aryl methyl sites for hydroxylation is 1. The summed E-state index contributed by atoms with van der Waals surface area (Å²) in [6.07, 6.45) is 0. The number of rotatable bonds is 5. The molecule has 2 aromatic rings. The third kappa shape index (κ3) is 3.49. The number of hydrogen-bond donors (Lipinski definition) is 2. The van der Waals surface area contributed by atoms with Crippen molar-refractivity contribution < 1.29 is 8.42 Å². The molecule has 0 unspecified atom stereocenters. The molecule has 6 nitrogen and oxygen atoms in total. The van der Waals surface area contributed by atoms with Crippen LogP contribution in [0.15, 0.2) is 29.2 Å². The van der Waals surface area contributed by atoms with Crippen LogP contribution in [0.3, 0.4) is 0 Å². The highest BCUT2D eigenvalue weighted by molar-refractivity contribution is 7.93. The van der Waals surface area contributed by atoms with Gasteiger partial charge in [0.1, 0.15) is 5.01 Å². The highest BCUT2D eigenvalue weighted by Gasteiger charge is 2.16. The van der Waals surface area contributed by atoms with Crippen molar-refractivity contribution in [3.05, 3.63) is 34.8 Å². The van der Waals surface area contributed by atoms with Crippen molar-refractivity contribution in [3.63, 3.8) is 0 Å². The van der Waals surface area contributed by atoms with Crippen molar-refractivity contribution >= 4 is 26.5 Å². The van der Waals surface area contributed by atoms with Crippen LogP contribution in [-0.2, 0) is 16.6 Å². The van der Waals surface area contributed by atoms with Crippen LogP contribution in [0, 0.1) is 6.92 Å². The standard InChI is InChI=1S/C11H14N4O2S2/c1-8-13-14-11(18-8)15-19(16,17)10-5-3-9(4-6-10)7-12-2/h3-6,12H,7H2,1-2H3,(H,14,15). The highest BCUT2D eigenvalue weighted by Crippen LogP contribution is 2.19. The molecule has 0 bridgehead atoms. The second kappa shape index (κ2) is 5.64. The van der Waals surface area contributed by atoms with Crippen molar-refractivity contribution in [2.24, 2.45) is 0 Å². The number of anilines is 1. The van der Waals surface area contributed by atoms with Gasteiger partial charge in [-0.25, -0.2) is 8.42 Å². The number of aromatic nitrogens is 2. The van der Waals surface area contributed by atoms with Crippen LogP contribution in [0.2, 0.25) is 0 Å². The second-order valence-corrected chi connectivity index (χ2v) is 6.77. The van der Waals surface area contributed by atoms with Gasteiger partial charge in [0, 0.05) is 6.54 Å². The van der Waals surface area contributed by atoms with Gasteiger partial charge in [0.15, 0.2) is 0 Å². The van der Waals surface area contributed by atoms with E-state index in [1.54, 1.807) is 31.2 Å². The van der Waals surface area contributed by atoms with Crippen LogP contribution in [0.5, 0.6) is 0 Å². The molecule has 0 amide bonds. The molecule has 102 valence electrons. The summed E-state index contributed by atoms with van der Waals surface area (Å²) < 4.78 is 26.6. The minimum Gasteiger partial charge on any atom is -0.316 e. The van der Waals surface area contributed by atoms with Gasteiger partial charge in [0.25, 0.3) is 10.0 Å². The average molecular weight is 298 g/mol. The van der Waals surface area contributed by atoms with Gasteiger partial charge in [-0.15, -0.1) is 10.2 Å². The van der Waals surface area contributed by atoms with E-state index in [0.29, 0.717) is 11.6 Å². The molecular weight excluding hydrogens is 284 g/mol. The Morgan fingerprint density at radius 1 is 1.21 bits per heavy atom. The summed E-state index contributed by atoms with van der Waals surface area (Å²) in [7, 11) is -1.76. The summed E-state index contributed by atoms with van der Waals surface area (Å²) in [5.74, 6) is 0. The molecule has 0 radical (unpaired) electrons. The van der Waals surface area contributed by atoms with E-state index in [2.05, 4.69) is 20.2 Å². The van der Waals surface area contributed by atoms with Crippen LogP contribution in [0.1, 0.15) is 10.6 Å². The smallest absolute Gasteiger partial charge is 0.263 e. The van der Waals surface area contributed by atoms with Crippen LogP contribution in [-0.4, -0.2) is 25.7 Å². The monoisotopic (exact) mass is 298 g/mol. The number of sulfonamides is 1. The molecule has 1 aromatic heterocycles. The zero-order valence-electron chi connectivity index (χ0n) is 10.5. The van der Waals surface area contributed by atoms with E-state index in [4.69, 9.17) is 0 Å². The Hall–Kier alpha value is -1.51. The fraction of sp³-hybridized carbons (Fsp3) is 0.273. The molecule has 0 aliphatic carbocycles. The molecule has 1 aromatic carbocycles. The Morgan fingerprint density at radius 2 is 1.89 bits per heavy atom. The molecule has 1 heterocycles. The van der Waals surface area contributed by atoms with Gasteiger partial charge in [0.05, 0.1) is 4.90 Å². The summed E-state index contributed by atoms with van der Waals surface area (Å²) in [6, 6.07) is 6.69. The third-order valence-electron chi connectivity index (χ3n) is 2.36. The Kier molecular flexibility index (Phi) is 4.13. The summed E-state index contributed by atoms with van der Waals surface area (Å²) in [5, 5.41) is 11.5. The molecule has 0 aliphatic rings. The lowest BCUT2D eigenvalue weighted by atomic mass is 10.2. The number of nitrogens with one attached hydrogen (secondary N) is 2. The third-order valence-corrected chi connectivity index (χ3v) is 4.60. The maximum atomic E-state index is 12.1. The quantitative estimate of drug-likeness (QED) is 0.871. The lowest BCUT2D eigenvalue weighted by Crippen LogP contribution is -2.13. The van der Waals surface area contributed by atoms with E-state index in [1.807, 2.05) is 7.05 Å². The first kappa shape index (κ1) is 13.9. The fourth-order valence-corrected chi connectivity index (χ4v) is 3.32. The Morgan fingerprint density at radius 3 is 2.42 bits per heavy atom. The molecule has 0 fully saturated rings. The molecule has 8 heteroatoms. The van der Waals surface area contributed by atoms with Gasteiger partial charge in [0.2, 0.25) is 5.13 Å². The average Bonchev–Trinajstić information content (AvgIpc) is 2.75. The lowest BCUT2D eigenvalue weighted by Gasteiger charge is -2.06. The number of nitrogens with zero attached hydrogens (tertiary/aromatic N) is 2. The largest absolute Gasteiger partial charge is 0.316 e. The first-order valence-electron chi connectivity index (χ1n) is 5.58. The lowest BCUT2D eigenvalue weighted by molar-refractivity contribution is 0.601. The number of benzene rings is 1. The Labute approximate surface area is 115 Å². The van der Waals surface area contributed by atoms with E-state index >= 15 is 0 Å². The Bertz CT molecular complexity index is 650. The normalized spacial score (nSPS) is 11.5. The van der Waals surface area contributed by atoms with E-state index in [-0.39, 0.29) is 10.0 Å². The molecule has 0 atom stereocenters. The molecule has 2 N–H and O–H groups in total. The Balaban J connectivity index is 2.19. The molecule has 0 saturated carbocycles. The van der Waals surface area contributed by atoms with Crippen LogP contribution in [0.4, 0.5) is 5.13 Å². The predicted molar refractivity (Wildman–Crippen MR) is 74.7 cm³/mol. The van der Waals surface area contributed by atoms with Crippen molar-refractivity contribution in [2.45, 2.75) is 18.4 Å². The van der Waals surface area contributed by atoms with Gasteiger partial charge < -0.3 is 5.32 Å². The fourth-order valence-electron chi connectivity index (χ4n) is 1.50. The first-order chi connectivity index (χ1) is 9.01. The number of hydrogen-bond acceptors (Lipinski definition) is 6. The van der Waals surface area contributed by atoms with Gasteiger partial charge in [-0.05, 0) is 31.7 Å². The summed E-state index contributed by atoms with van der Waals surface area (Å²) >= 11 is 1.20. The van der Waals surface area contributed by atoms with Gasteiger partial charge in [-0.1, -0.05) is 23.5 Å². The van der Waals surface area contributed by atoms with Crippen LogP contribution in [0.25, 0.3) is 0 Å². The van der Waals surface area contributed by atoms with E-state index in [1.165, 1.54) is 11.3 Å². The molecule has 0 aliphatic heterocycles. The van der Waals surface area contributed by atoms with Crippen molar-refractivity contribution in [1.29, 1.82) is 0 Å². The molecule has 19 heavy (non-hydrogen) atoms. The van der Waals surface area contributed by atoms with Crippen LogP contribution >= 0.6 is 11.3 Å². The van der Waals surface area contributed by atoms with Crippen molar-refractivity contribution in [3.8, 4) is 0 Å². The summed E-state index contributed by atoms with van der Waals surface area (Å²) in [5.41, 5.74) is 1.02. The van der Waals surface area contributed by atoms with Crippen molar-refractivity contribution in [2.75, 3.05) is 11.8 Å². The maximum Gasteiger partial charge on any atom is 0.263 e. The molecular formula is C11H14N4O2S2. The topological polar surface area (TPSA) is 84.0 Å². The first-order valence-corrected chi connectivity index (χ1v) is 7.88. The minimum absolute atomic E-state index is 0.209. The molecule has 2 rings (SSSR count). The molecule has 0 spiro atoms. The SMILES string of the molecule is CNCc1ccc(S(=O)(=O)Nc2nnc(C)s2)cc1. The van der Waals surface area contributed by atoms with Gasteiger partial charge >= 0.3 is 0 Å². The minimum atomic E-state index is -3.59.